The number of aromatic nitrogens is 1. The van der Waals surface area contributed by atoms with Crippen LogP contribution >= 0.6 is 0 Å². The van der Waals surface area contributed by atoms with Crippen LogP contribution in [0.4, 0.5) is 17.1 Å². The van der Waals surface area contributed by atoms with Crippen molar-refractivity contribution in [1.82, 2.24) is 4.98 Å². The molecule has 11 heteroatoms. The summed E-state index contributed by atoms with van der Waals surface area (Å²) >= 11 is 0. The average Bonchev–Trinajstić information content (AvgIpc) is 3.37. The van der Waals surface area contributed by atoms with Gasteiger partial charge in [-0.15, -0.1) is 0 Å². The van der Waals surface area contributed by atoms with E-state index < -0.39 is 21.2 Å². The lowest BCUT2D eigenvalue weighted by Crippen LogP contribution is -1.99. The molecule has 1 heterocycles. The van der Waals surface area contributed by atoms with Crippen LogP contribution in [-0.4, -0.2) is 27.7 Å². The van der Waals surface area contributed by atoms with E-state index >= 15 is 0 Å². The van der Waals surface area contributed by atoms with Gasteiger partial charge in [-0.05, 0) is 74.0 Å². The summed E-state index contributed by atoms with van der Waals surface area (Å²) in [5, 5.41) is 22.5. The van der Waals surface area contributed by atoms with E-state index in [1.165, 1.54) is 6.07 Å². The van der Waals surface area contributed by atoms with Crippen LogP contribution in [0.1, 0.15) is 18.1 Å². The van der Waals surface area contributed by atoms with E-state index in [2.05, 4.69) is 9.98 Å². The maximum Gasteiger partial charge on any atom is 0.318 e. The maximum absolute atomic E-state index is 11.5. The number of hydrogen-bond donors (Lipinski definition) is 0. The lowest BCUT2D eigenvalue weighted by molar-refractivity contribution is -0.394. The molecule has 0 unspecified atom stereocenters. The number of benzene rings is 4. The Kier molecular flexibility index (Phi) is 7.18. The average molecular weight is 539 g/mol. The van der Waals surface area contributed by atoms with E-state index in [0.29, 0.717) is 40.6 Å². The molecule has 200 valence electrons. The van der Waals surface area contributed by atoms with E-state index in [4.69, 9.17) is 13.9 Å². The molecule has 0 saturated heterocycles. The van der Waals surface area contributed by atoms with Crippen molar-refractivity contribution in [1.29, 1.82) is 0 Å². The number of hydrogen-bond acceptors (Lipinski definition) is 9. The molecule has 5 rings (SSSR count). The molecule has 0 bridgehead atoms. The Balaban J connectivity index is 1.39. The van der Waals surface area contributed by atoms with Crippen LogP contribution < -0.4 is 9.47 Å². The molecule has 0 aliphatic heterocycles. The van der Waals surface area contributed by atoms with Crippen molar-refractivity contribution in [3.8, 4) is 28.7 Å². The lowest BCUT2D eigenvalue weighted by atomic mass is 10.1. The third-order valence-corrected chi connectivity index (χ3v) is 5.87. The van der Waals surface area contributed by atoms with Gasteiger partial charge in [-0.1, -0.05) is 17.7 Å². The number of nitro benzene ring substituents is 2. The summed E-state index contributed by atoms with van der Waals surface area (Å²) in [4.78, 5) is 30.2. The van der Waals surface area contributed by atoms with Crippen LogP contribution in [0.2, 0.25) is 0 Å². The second kappa shape index (κ2) is 11.0. The summed E-state index contributed by atoms with van der Waals surface area (Å²) in [5.74, 6) is 0.919. The largest absolute Gasteiger partial charge is 0.490 e. The lowest BCUT2D eigenvalue weighted by Gasteiger charge is -2.12. The van der Waals surface area contributed by atoms with Gasteiger partial charge in [0.2, 0.25) is 11.6 Å². The van der Waals surface area contributed by atoms with E-state index in [0.717, 1.165) is 23.3 Å². The van der Waals surface area contributed by atoms with Gasteiger partial charge in [0.1, 0.15) is 5.52 Å². The number of non-ortho nitro benzene ring substituents is 1. The molecule has 0 atom stereocenters. The molecule has 0 fully saturated rings. The minimum absolute atomic E-state index is 0.149. The van der Waals surface area contributed by atoms with E-state index in [-0.39, 0.29) is 11.5 Å². The van der Waals surface area contributed by atoms with Gasteiger partial charge in [0, 0.05) is 17.8 Å². The molecule has 0 N–H and O–H groups in total. The number of oxazole rings is 1. The quantitative estimate of drug-likeness (QED) is 0.106. The zero-order valence-electron chi connectivity index (χ0n) is 21.4. The molecule has 1 aromatic heterocycles. The van der Waals surface area contributed by atoms with Crippen molar-refractivity contribution in [3.05, 3.63) is 110 Å². The predicted molar refractivity (Wildman–Crippen MR) is 149 cm³/mol. The van der Waals surface area contributed by atoms with Crippen molar-refractivity contribution in [2.75, 3.05) is 6.61 Å². The summed E-state index contributed by atoms with van der Waals surface area (Å²) in [5.41, 5.74) is 3.77. The number of aryl methyl sites for hydroxylation is 1. The molecule has 0 aliphatic rings. The molecule has 0 aliphatic carbocycles. The summed E-state index contributed by atoms with van der Waals surface area (Å²) in [7, 11) is 0. The summed E-state index contributed by atoms with van der Waals surface area (Å²) in [6.45, 7) is 4.12. The number of nitrogens with zero attached hydrogens (tertiary/aromatic N) is 4. The number of fused-ring (bicyclic) bond motifs is 1. The smallest absolute Gasteiger partial charge is 0.318 e. The topological polar surface area (TPSA) is 143 Å². The molecule has 0 amide bonds. The monoisotopic (exact) mass is 538 g/mol. The Labute approximate surface area is 227 Å². The first kappa shape index (κ1) is 26.0. The fourth-order valence-corrected chi connectivity index (χ4v) is 3.89. The molecule has 11 nitrogen and oxygen atoms in total. The molecular formula is C29H22N4O7. The fourth-order valence-electron chi connectivity index (χ4n) is 3.89. The normalized spacial score (nSPS) is 11.2. The van der Waals surface area contributed by atoms with Gasteiger partial charge >= 0.3 is 5.69 Å². The highest BCUT2D eigenvalue weighted by atomic mass is 16.6. The van der Waals surface area contributed by atoms with E-state index in [1.807, 2.05) is 49.4 Å². The van der Waals surface area contributed by atoms with Crippen molar-refractivity contribution < 1.29 is 23.7 Å². The van der Waals surface area contributed by atoms with Gasteiger partial charge in [0.25, 0.3) is 5.69 Å². The molecule has 5 aromatic rings. The number of ether oxygens (including phenoxy) is 2. The van der Waals surface area contributed by atoms with E-state index in [1.54, 1.807) is 31.3 Å². The van der Waals surface area contributed by atoms with E-state index in [9.17, 15) is 20.2 Å². The molecular weight excluding hydrogens is 516 g/mol. The zero-order valence-corrected chi connectivity index (χ0v) is 21.4. The SMILES string of the molecule is CCOc1cc(C=Nc2ccc3oc(-c4ccc(C)cc4)nc3c2)ccc1Oc1ccc([N+](=O)[O-])cc1[N+](=O)[O-]. The summed E-state index contributed by atoms with van der Waals surface area (Å²) in [6, 6.07) is 21.5. The van der Waals surface area contributed by atoms with Crippen molar-refractivity contribution >= 4 is 34.4 Å². The molecule has 0 radical (unpaired) electrons. The van der Waals surface area contributed by atoms with Crippen LogP contribution in [0.5, 0.6) is 17.2 Å². The zero-order chi connectivity index (χ0) is 28.2. The minimum atomic E-state index is -0.737. The Morgan fingerprint density at radius 1 is 0.900 bits per heavy atom. The highest BCUT2D eigenvalue weighted by Crippen LogP contribution is 2.38. The first-order chi connectivity index (χ1) is 19.3. The molecule has 0 spiro atoms. The molecule has 0 saturated carbocycles. The van der Waals surface area contributed by atoms with Gasteiger partial charge in [0.15, 0.2) is 17.1 Å². The van der Waals surface area contributed by atoms with Gasteiger partial charge in [-0.2, -0.15) is 0 Å². The van der Waals surface area contributed by atoms with Crippen molar-refractivity contribution in [3.63, 3.8) is 0 Å². The first-order valence-electron chi connectivity index (χ1n) is 12.2. The predicted octanol–water partition coefficient (Wildman–Crippen LogP) is 7.56. The maximum atomic E-state index is 11.5. The van der Waals surface area contributed by atoms with Gasteiger partial charge < -0.3 is 13.9 Å². The summed E-state index contributed by atoms with van der Waals surface area (Å²) in [6.07, 6.45) is 1.64. The van der Waals surface area contributed by atoms with Crippen molar-refractivity contribution in [2.45, 2.75) is 13.8 Å². The number of nitro groups is 2. The Morgan fingerprint density at radius 3 is 2.40 bits per heavy atom. The highest BCUT2D eigenvalue weighted by molar-refractivity contribution is 5.85. The standard InChI is InChI=1S/C29H22N4O7/c1-3-38-28-14-19(6-11-27(28)39-26-13-10-22(32(34)35)16-24(26)33(36)37)17-30-21-9-12-25-23(15-21)31-29(40-25)20-7-4-18(2)5-8-20/h4-17H,3H2,1-2H3. The summed E-state index contributed by atoms with van der Waals surface area (Å²) < 4.78 is 17.3. The van der Waals surface area contributed by atoms with Crippen LogP contribution in [0.15, 0.2) is 88.3 Å². The van der Waals surface area contributed by atoms with Crippen LogP contribution in [0.3, 0.4) is 0 Å². The minimum Gasteiger partial charge on any atom is -0.490 e. The van der Waals surface area contributed by atoms with Crippen molar-refractivity contribution in [2.24, 2.45) is 4.99 Å². The van der Waals surface area contributed by atoms with Gasteiger partial charge in [-0.3, -0.25) is 25.2 Å². The first-order valence-corrected chi connectivity index (χ1v) is 12.2. The third kappa shape index (κ3) is 5.63. The Hall–Kier alpha value is -5.58. The third-order valence-electron chi connectivity index (χ3n) is 5.87. The second-order valence-electron chi connectivity index (χ2n) is 8.70. The molecule has 4 aromatic carbocycles. The van der Waals surface area contributed by atoms with Crippen LogP contribution in [-0.2, 0) is 0 Å². The van der Waals surface area contributed by atoms with Crippen LogP contribution in [0.25, 0.3) is 22.6 Å². The fraction of sp³-hybridized carbons (Fsp3) is 0.103. The number of aliphatic imine (C=N–C) groups is 1. The van der Waals surface area contributed by atoms with Gasteiger partial charge in [0.05, 0.1) is 28.2 Å². The Bertz CT molecular complexity index is 1760. The Morgan fingerprint density at radius 2 is 1.68 bits per heavy atom. The second-order valence-corrected chi connectivity index (χ2v) is 8.70. The number of rotatable bonds is 9. The highest BCUT2D eigenvalue weighted by Gasteiger charge is 2.22. The molecule has 40 heavy (non-hydrogen) atoms. The van der Waals surface area contributed by atoms with Gasteiger partial charge in [-0.25, -0.2) is 4.98 Å². The van der Waals surface area contributed by atoms with Crippen LogP contribution in [0, 0.1) is 27.2 Å².